The van der Waals surface area contributed by atoms with Crippen molar-refractivity contribution in [1.82, 2.24) is 0 Å². The number of primary sulfonamides is 1. The molecule has 2 N–H and O–H groups in total. The lowest BCUT2D eigenvalue weighted by molar-refractivity contribution is 0.602. The zero-order chi connectivity index (χ0) is 10.8. The predicted molar refractivity (Wildman–Crippen MR) is 60.3 cm³/mol. The highest BCUT2D eigenvalue weighted by molar-refractivity contribution is 8.11. The van der Waals surface area contributed by atoms with E-state index < -0.39 is 10.0 Å². The van der Waals surface area contributed by atoms with Crippen molar-refractivity contribution in [2.75, 3.05) is 5.08 Å². The highest BCUT2D eigenvalue weighted by Gasteiger charge is 2.05. The third-order valence-corrected chi connectivity index (χ3v) is 4.02. The number of thioether (sulfide) groups is 1. The maximum absolute atomic E-state index is 10.7. The van der Waals surface area contributed by atoms with Gasteiger partial charge < -0.3 is 0 Å². The van der Waals surface area contributed by atoms with Crippen LogP contribution in [0.4, 0.5) is 0 Å². The van der Waals surface area contributed by atoms with Gasteiger partial charge in [-0.15, -0.1) is 11.8 Å². The fraction of sp³-hybridized carbons (Fsp3) is 0.143. The van der Waals surface area contributed by atoms with Crippen molar-refractivity contribution >= 4 is 45.0 Å². The summed E-state index contributed by atoms with van der Waals surface area (Å²) in [5.74, 6) is 0. The third kappa shape index (κ3) is 4.52. The molecule has 0 saturated heterocycles. The number of hydrogen-bond donors (Lipinski definition) is 1. The van der Waals surface area contributed by atoms with Crippen LogP contribution in [0.15, 0.2) is 23.1 Å². The SMILES string of the molecule is NS(=O)(=O)CSc1cc(Cl)cc(Cl)c1. The van der Waals surface area contributed by atoms with Gasteiger partial charge in [0.15, 0.2) is 0 Å². The molecule has 0 heterocycles. The molecule has 0 aromatic heterocycles. The summed E-state index contributed by atoms with van der Waals surface area (Å²) in [6.45, 7) is 0. The second-order valence-electron chi connectivity index (χ2n) is 2.53. The number of rotatable bonds is 3. The Bertz CT molecular complexity index is 413. The van der Waals surface area contributed by atoms with Crippen LogP contribution in [0.3, 0.4) is 0 Å². The highest BCUT2D eigenvalue weighted by Crippen LogP contribution is 2.26. The quantitative estimate of drug-likeness (QED) is 0.859. The van der Waals surface area contributed by atoms with Crippen LogP contribution in [-0.4, -0.2) is 13.5 Å². The summed E-state index contributed by atoms with van der Waals surface area (Å²) in [4.78, 5) is 0.677. The van der Waals surface area contributed by atoms with E-state index >= 15 is 0 Å². The molecule has 1 aromatic rings. The molecule has 0 spiro atoms. The topological polar surface area (TPSA) is 60.2 Å². The molecular weight excluding hydrogens is 265 g/mol. The summed E-state index contributed by atoms with van der Waals surface area (Å²) < 4.78 is 21.3. The molecule has 0 saturated carbocycles. The van der Waals surface area contributed by atoms with Crippen molar-refractivity contribution in [3.8, 4) is 0 Å². The van der Waals surface area contributed by atoms with Crippen LogP contribution in [0.5, 0.6) is 0 Å². The van der Waals surface area contributed by atoms with E-state index in [1.54, 1.807) is 18.2 Å². The smallest absolute Gasteiger partial charge is 0.218 e. The standard InChI is InChI=1S/C7H7Cl2NO2S2/c8-5-1-6(9)3-7(2-5)13-4-14(10,11)12/h1-3H,4H2,(H2,10,11,12). The Morgan fingerprint density at radius 3 is 2.14 bits per heavy atom. The maximum Gasteiger partial charge on any atom is 0.218 e. The lowest BCUT2D eigenvalue weighted by Crippen LogP contribution is -2.13. The Kier molecular flexibility index (Phi) is 4.09. The van der Waals surface area contributed by atoms with Crippen molar-refractivity contribution in [3.63, 3.8) is 0 Å². The van der Waals surface area contributed by atoms with E-state index in [9.17, 15) is 8.42 Å². The number of nitrogens with two attached hydrogens (primary N) is 1. The Morgan fingerprint density at radius 1 is 1.21 bits per heavy atom. The van der Waals surface area contributed by atoms with Gasteiger partial charge in [0.05, 0.1) is 0 Å². The van der Waals surface area contributed by atoms with Crippen molar-refractivity contribution in [2.24, 2.45) is 5.14 Å². The first-order valence-electron chi connectivity index (χ1n) is 3.46. The van der Waals surface area contributed by atoms with Gasteiger partial charge in [-0.3, -0.25) is 0 Å². The van der Waals surface area contributed by atoms with E-state index in [4.69, 9.17) is 28.3 Å². The Morgan fingerprint density at radius 2 is 1.71 bits per heavy atom. The molecule has 3 nitrogen and oxygen atoms in total. The molecule has 0 aliphatic rings. The highest BCUT2D eigenvalue weighted by atomic mass is 35.5. The molecule has 0 atom stereocenters. The molecule has 0 amide bonds. The molecule has 0 bridgehead atoms. The van der Waals surface area contributed by atoms with E-state index in [-0.39, 0.29) is 5.08 Å². The molecule has 0 aliphatic heterocycles. The van der Waals surface area contributed by atoms with Crippen LogP contribution in [0, 0.1) is 0 Å². The molecule has 0 fully saturated rings. The minimum absolute atomic E-state index is 0.191. The molecule has 0 radical (unpaired) electrons. The van der Waals surface area contributed by atoms with Crippen LogP contribution in [-0.2, 0) is 10.0 Å². The van der Waals surface area contributed by atoms with E-state index in [0.717, 1.165) is 11.8 Å². The van der Waals surface area contributed by atoms with Gasteiger partial charge in [-0.2, -0.15) is 0 Å². The minimum atomic E-state index is -3.47. The number of halogens is 2. The number of sulfonamides is 1. The summed E-state index contributed by atoms with van der Waals surface area (Å²) in [6, 6.07) is 4.83. The minimum Gasteiger partial charge on any atom is -0.228 e. The first kappa shape index (κ1) is 12.1. The summed E-state index contributed by atoms with van der Waals surface area (Å²) in [6.07, 6.45) is 0. The molecular formula is C7H7Cl2NO2S2. The van der Waals surface area contributed by atoms with Gasteiger partial charge in [0.1, 0.15) is 5.08 Å². The zero-order valence-corrected chi connectivity index (χ0v) is 10.1. The monoisotopic (exact) mass is 271 g/mol. The molecule has 78 valence electrons. The fourth-order valence-electron chi connectivity index (χ4n) is 0.762. The van der Waals surface area contributed by atoms with Gasteiger partial charge in [-0.05, 0) is 18.2 Å². The Balaban J connectivity index is 2.78. The lowest BCUT2D eigenvalue weighted by Gasteiger charge is -2.01. The maximum atomic E-state index is 10.7. The van der Waals surface area contributed by atoms with Crippen LogP contribution in [0.1, 0.15) is 0 Å². The summed E-state index contributed by atoms with van der Waals surface area (Å²) in [5.41, 5.74) is 0. The third-order valence-electron chi connectivity index (χ3n) is 1.23. The normalized spacial score (nSPS) is 11.6. The van der Waals surface area contributed by atoms with Gasteiger partial charge in [-0.1, -0.05) is 23.2 Å². The van der Waals surface area contributed by atoms with Crippen molar-refractivity contribution < 1.29 is 8.42 Å². The average molecular weight is 272 g/mol. The molecule has 14 heavy (non-hydrogen) atoms. The largest absolute Gasteiger partial charge is 0.228 e. The molecule has 1 rings (SSSR count). The summed E-state index contributed by atoms with van der Waals surface area (Å²) >= 11 is 12.5. The van der Waals surface area contributed by atoms with Gasteiger partial charge in [0, 0.05) is 14.9 Å². The van der Waals surface area contributed by atoms with Crippen LogP contribution < -0.4 is 5.14 Å². The summed E-state index contributed by atoms with van der Waals surface area (Å²) in [5, 5.41) is 5.59. The molecule has 0 aliphatic carbocycles. The molecule has 7 heteroatoms. The predicted octanol–water partition coefficient (Wildman–Crippen LogP) is 2.33. The lowest BCUT2D eigenvalue weighted by atomic mass is 10.4. The van der Waals surface area contributed by atoms with E-state index in [2.05, 4.69) is 0 Å². The van der Waals surface area contributed by atoms with Crippen molar-refractivity contribution in [2.45, 2.75) is 4.90 Å². The zero-order valence-electron chi connectivity index (χ0n) is 6.91. The van der Waals surface area contributed by atoms with Gasteiger partial charge in [-0.25, -0.2) is 13.6 Å². The van der Waals surface area contributed by atoms with E-state index in [1.165, 1.54) is 0 Å². The Labute approximate surface area is 96.6 Å². The second-order valence-corrected chi connectivity index (χ2v) is 6.43. The van der Waals surface area contributed by atoms with Gasteiger partial charge >= 0.3 is 0 Å². The van der Waals surface area contributed by atoms with Crippen LogP contribution >= 0.6 is 35.0 Å². The van der Waals surface area contributed by atoms with Crippen LogP contribution in [0.25, 0.3) is 0 Å². The van der Waals surface area contributed by atoms with E-state index in [1.807, 2.05) is 0 Å². The first-order valence-corrected chi connectivity index (χ1v) is 6.92. The van der Waals surface area contributed by atoms with Gasteiger partial charge in [0.2, 0.25) is 10.0 Å². The van der Waals surface area contributed by atoms with E-state index in [0.29, 0.717) is 14.9 Å². The van der Waals surface area contributed by atoms with Crippen LogP contribution in [0.2, 0.25) is 10.0 Å². The average Bonchev–Trinajstić information content (AvgIpc) is 1.97. The van der Waals surface area contributed by atoms with Crippen molar-refractivity contribution in [3.05, 3.63) is 28.2 Å². The number of benzene rings is 1. The number of hydrogen-bond acceptors (Lipinski definition) is 3. The fourth-order valence-corrected chi connectivity index (χ4v) is 3.04. The molecule has 1 aromatic carbocycles. The summed E-state index contributed by atoms with van der Waals surface area (Å²) in [7, 11) is -3.47. The van der Waals surface area contributed by atoms with Gasteiger partial charge in [0.25, 0.3) is 0 Å². The second kappa shape index (κ2) is 4.72. The Hall–Kier alpha value is 0.0600. The first-order chi connectivity index (χ1) is 6.37. The van der Waals surface area contributed by atoms with Crippen molar-refractivity contribution in [1.29, 1.82) is 0 Å². The molecule has 0 unspecified atom stereocenters.